The minimum atomic E-state index is 0.343. The van der Waals surface area contributed by atoms with E-state index in [1.165, 1.54) is 24.0 Å². The zero-order chi connectivity index (χ0) is 9.26. The predicted octanol–water partition coefficient (Wildman–Crippen LogP) is 3.24. The van der Waals surface area contributed by atoms with Crippen LogP contribution in [0, 0.1) is 6.92 Å². The van der Waals surface area contributed by atoms with E-state index in [0.717, 1.165) is 0 Å². The molecule has 0 saturated carbocycles. The van der Waals surface area contributed by atoms with Crippen molar-refractivity contribution in [3.63, 3.8) is 0 Å². The van der Waals surface area contributed by atoms with Crippen LogP contribution in [-0.4, -0.2) is 6.10 Å². The molecule has 1 heterocycles. The zero-order valence-electron chi connectivity index (χ0n) is 8.29. The van der Waals surface area contributed by atoms with E-state index >= 15 is 0 Å². The van der Waals surface area contributed by atoms with Gasteiger partial charge in [0.05, 0.1) is 12.2 Å². The highest BCUT2D eigenvalue weighted by atomic mass is 16.5. The van der Waals surface area contributed by atoms with Gasteiger partial charge in [-0.15, -0.1) is 0 Å². The molecule has 1 aromatic rings. The Morgan fingerprint density at radius 3 is 2.38 bits per heavy atom. The summed E-state index contributed by atoms with van der Waals surface area (Å²) < 4.78 is 5.79. The van der Waals surface area contributed by atoms with Gasteiger partial charge >= 0.3 is 0 Å². The molecule has 0 amide bonds. The first-order valence-electron chi connectivity index (χ1n) is 4.98. The second-order valence-corrected chi connectivity index (χ2v) is 3.92. The van der Waals surface area contributed by atoms with E-state index in [1.807, 2.05) is 0 Å². The van der Waals surface area contributed by atoms with Gasteiger partial charge in [0.25, 0.3) is 0 Å². The summed E-state index contributed by atoms with van der Waals surface area (Å²) in [7, 11) is 0. The van der Waals surface area contributed by atoms with Gasteiger partial charge in [-0.05, 0) is 32.3 Å². The molecule has 1 aromatic carbocycles. The monoisotopic (exact) mass is 176 g/mol. The van der Waals surface area contributed by atoms with E-state index in [0.29, 0.717) is 12.2 Å². The molecular formula is C12H16O. The van der Waals surface area contributed by atoms with Crippen LogP contribution < -0.4 is 0 Å². The van der Waals surface area contributed by atoms with Gasteiger partial charge in [-0.25, -0.2) is 0 Å². The highest BCUT2D eigenvalue weighted by Crippen LogP contribution is 2.32. The molecule has 1 aliphatic rings. The maximum absolute atomic E-state index is 5.79. The van der Waals surface area contributed by atoms with Crippen molar-refractivity contribution in [3.05, 3.63) is 35.4 Å². The second-order valence-electron chi connectivity index (χ2n) is 3.92. The van der Waals surface area contributed by atoms with Crippen molar-refractivity contribution in [2.75, 3.05) is 0 Å². The van der Waals surface area contributed by atoms with Crippen LogP contribution in [-0.2, 0) is 4.74 Å². The molecule has 1 saturated heterocycles. The van der Waals surface area contributed by atoms with Gasteiger partial charge in [0.2, 0.25) is 0 Å². The molecule has 1 nitrogen and oxygen atoms in total. The van der Waals surface area contributed by atoms with Crippen molar-refractivity contribution in [3.8, 4) is 0 Å². The van der Waals surface area contributed by atoms with Crippen molar-refractivity contribution >= 4 is 0 Å². The Bertz CT molecular complexity index is 276. The molecule has 0 spiro atoms. The third-order valence-corrected chi connectivity index (χ3v) is 2.68. The van der Waals surface area contributed by atoms with Crippen LogP contribution in [0.2, 0.25) is 0 Å². The first-order valence-corrected chi connectivity index (χ1v) is 4.98. The minimum Gasteiger partial charge on any atom is -0.371 e. The highest BCUT2D eigenvalue weighted by molar-refractivity contribution is 5.23. The normalized spacial score (nSPS) is 27.8. The number of hydrogen-bond donors (Lipinski definition) is 0. The molecule has 0 aromatic heterocycles. The molecule has 0 N–H and O–H groups in total. The topological polar surface area (TPSA) is 9.23 Å². The van der Waals surface area contributed by atoms with Crippen LogP contribution in [0.5, 0.6) is 0 Å². The summed E-state index contributed by atoms with van der Waals surface area (Å²) in [6.07, 6.45) is 3.14. The number of benzene rings is 1. The van der Waals surface area contributed by atoms with E-state index in [2.05, 4.69) is 38.1 Å². The molecule has 1 fully saturated rings. The van der Waals surface area contributed by atoms with Crippen molar-refractivity contribution in [2.24, 2.45) is 0 Å². The van der Waals surface area contributed by atoms with E-state index in [9.17, 15) is 0 Å². The largest absolute Gasteiger partial charge is 0.371 e. The lowest BCUT2D eigenvalue weighted by Crippen LogP contribution is -2.00. The van der Waals surface area contributed by atoms with E-state index in [1.54, 1.807) is 0 Å². The third kappa shape index (κ3) is 1.92. The van der Waals surface area contributed by atoms with Gasteiger partial charge in [-0.1, -0.05) is 29.8 Å². The van der Waals surface area contributed by atoms with Crippen molar-refractivity contribution in [2.45, 2.75) is 38.9 Å². The van der Waals surface area contributed by atoms with Crippen molar-refractivity contribution < 1.29 is 4.74 Å². The lowest BCUT2D eigenvalue weighted by molar-refractivity contribution is 0.0555. The Morgan fingerprint density at radius 1 is 1.15 bits per heavy atom. The number of hydrogen-bond acceptors (Lipinski definition) is 1. The maximum Gasteiger partial charge on any atom is 0.0829 e. The van der Waals surface area contributed by atoms with Crippen LogP contribution in [0.25, 0.3) is 0 Å². The zero-order valence-corrected chi connectivity index (χ0v) is 8.29. The molecule has 70 valence electrons. The van der Waals surface area contributed by atoms with Gasteiger partial charge in [0, 0.05) is 0 Å². The molecule has 2 atom stereocenters. The first kappa shape index (κ1) is 8.76. The van der Waals surface area contributed by atoms with Crippen LogP contribution in [0.1, 0.15) is 37.0 Å². The summed E-state index contributed by atoms with van der Waals surface area (Å²) >= 11 is 0. The standard InChI is InChI=1S/C12H16O/c1-9-3-6-11(7-4-9)12-8-5-10(2)13-12/h3-4,6-7,10,12H,5,8H2,1-2H3/t10-,12+/m1/s1. The van der Waals surface area contributed by atoms with E-state index in [-0.39, 0.29) is 0 Å². The quantitative estimate of drug-likeness (QED) is 0.638. The summed E-state index contributed by atoms with van der Waals surface area (Å²) in [5, 5.41) is 0. The average Bonchev–Trinajstić information content (AvgIpc) is 2.53. The summed E-state index contributed by atoms with van der Waals surface area (Å²) in [5.41, 5.74) is 2.64. The Labute approximate surface area is 79.7 Å². The summed E-state index contributed by atoms with van der Waals surface area (Å²) in [4.78, 5) is 0. The number of ether oxygens (including phenoxy) is 1. The van der Waals surface area contributed by atoms with Gasteiger partial charge in [-0.3, -0.25) is 0 Å². The van der Waals surface area contributed by atoms with Crippen LogP contribution >= 0.6 is 0 Å². The third-order valence-electron chi connectivity index (χ3n) is 2.68. The van der Waals surface area contributed by atoms with E-state index in [4.69, 9.17) is 4.74 Å². The molecular weight excluding hydrogens is 160 g/mol. The van der Waals surface area contributed by atoms with Crippen molar-refractivity contribution in [1.82, 2.24) is 0 Å². The molecule has 1 heteroatoms. The Kier molecular flexibility index (Phi) is 2.36. The second kappa shape index (κ2) is 3.51. The molecule has 0 aliphatic carbocycles. The predicted molar refractivity (Wildman–Crippen MR) is 53.7 cm³/mol. The first-order chi connectivity index (χ1) is 6.25. The average molecular weight is 176 g/mol. The fourth-order valence-electron chi connectivity index (χ4n) is 1.83. The summed E-state index contributed by atoms with van der Waals surface area (Å²) in [5.74, 6) is 0. The summed E-state index contributed by atoms with van der Waals surface area (Å²) in [6.45, 7) is 4.26. The van der Waals surface area contributed by atoms with Crippen LogP contribution in [0.15, 0.2) is 24.3 Å². The molecule has 0 radical (unpaired) electrons. The fourth-order valence-corrected chi connectivity index (χ4v) is 1.83. The van der Waals surface area contributed by atoms with E-state index < -0.39 is 0 Å². The Balaban J connectivity index is 2.13. The lowest BCUT2D eigenvalue weighted by atomic mass is 10.1. The fraction of sp³-hybridized carbons (Fsp3) is 0.500. The SMILES string of the molecule is Cc1ccc([C@@H]2CC[C@@H](C)O2)cc1. The molecule has 0 unspecified atom stereocenters. The number of rotatable bonds is 1. The van der Waals surface area contributed by atoms with Crippen LogP contribution in [0.4, 0.5) is 0 Å². The summed E-state index contributed by atoms with van der Waals surface area (Å²) in [6, 6.07) is 8.67. The minimum absolute atomic E-state index is 0.343. The van der Waals surface area contributed by atoms with Gasteiger partial charge < -0.3 is 4.74 Å². The lowest BCUT2D eigenvalue weighted by Gasteiger charge is -2.11. The maximum atomic E-state index is 5.79. The van der Waals surface area contributed by atoms with Gasteiger partial charge in [0.1, 0.15) is 0 Å². The van der Waals surface area contributed by atoms with Gasteiger partial charge in [0.15, 0.2) is 0 Å². The molecule has 0 bridgehead atoms. The Hall–Kier alpha value is -0.820. The number of aryl methyl sites for hydroxylation is 1. The molecule has 13 heavy (non-hydrogen) atoms. The van der Waals surface area contributed by atoms with Gasteiger partial charge in [-0.2, -0.15) is 0 Å². The smallest absolute Gasteiger partial charge is 0.0829 e. The molecule has 2 rings (SSSR count). The Morgan fingerprint density at radius 2 is 1.85 bits per heavy atom. The highest BCUT2D eigenvalue weighted by Gasteiger charge is 2.22. The molecule has 1 aliphatic heterocycles. The van der Waals surface area contributed by atoms with Crippen molar-refractivity contribution in [1.29, 1.82) is 0 Å². The van der Waals surface area contributed by atoms with Crippen LogP contribution in [0.3, 0.4) is 0 Å².